The number of amides is 2. The van der Waals surface area contributed by atoms with Gasteiger partial charge in [-0.15, -0.1) is 0 Å². The molecule has 8 heteroatoms. The van der Waals surface area contributed by atoms with Crippen LogP contribution in [0.15, 0.2) is 48.5 Å². The van der Waals surface area contributed by atoms with Crippen LogP contribution >= 0.6 is 0 Å². The molecule has 0 bridgehead atoms. The van der Waals surface area contributed by atoms with Gasteiger partial charge in [-0.05, 0) is 24.3 Å². The van der Waals surface area contributed by atoms with Gasteiger partial charge in [-0.1, -0.05) is 29.3 Å². The molecular formula is C18H13NO7. The number of fused-ring (bicyclic) bond motifs is 1. The first kappa shape index (κ1) is 17.2. The van der Waals surface area contributed by atoms with Crippen molar-refractivity contribution in [2.75, 3.05) is 13.7 Å². The largest absolute Gasteiger partial charge is 0.481 e. The number of hydroxylamine groups is 2. The van der Waals surface area contributed by atoms with Crippen molar-refractivity contribution in [3.05, 3.63) is 65.2 Å². The summed E-state index contributed by atoms with van der Waals surface area (Å²) < 4.78 is 9.69. The lowest BCUT2D eigenvalue weighted by Gasteiger charge is -2.14. The van der Waals surface area contributed by atoms with E-state index in [4.69, 9.17) is 9.57 Å². The summed E-state index contributed by atoms with van der Waals surface area (Å²) in [5, 5.41) is 0.407. The fourth-order valence-electron chi connectivity index (χ4n) is 2.34. The van der Waals surface area contributed by atoms with Crippen molar-refractivity contribution < 1.29 is 33.5 Å². The number of carbonyl (C=O) groups excluding carboxylic acids is 4. The number of ether oxygens (including phenoxy) is 2. The average molecular weight is 355 g/mol. The van der Waals surface area contributed by atoms with E-state index in [-0.39, 0.29) is 22.4 Å². The summed E-state index contributed by atoms with van der Waals surface area (Å²) in [5.41, 5.74) is 0.258. The van der Waals surface area contributed by atoms with Gasteiger partial charge in [0.05, 0.1) is 18.2 Å². The molecule has 0 aromatic heterocycles. The Morgan fingerprint density at radius 3 is 2.12 bits per heavy atom. The lowest BCUT2D eigenvalue weighted by molar-refractivity contribution is -0.142. The molecule has 0 aliphatic carbocycles. The number of rotatable bonds is 5. The van der Waals surface area contributed by atoms with Gasteiger partial charge in [0, 0.05) is 0 Å². The maximum Gasteiger partial charge on any atom is 0.367 e. The maximum atomic E-state index is 12.4. The summed E-state index contributed by atoms with van der Waals surface area (Å²) in [4.78, 5) is 53.1. The first-order valence-electron chi connectivity index (χ1n) is 7.51. The zero-order valence-electron chi connectivity index (χ0n) is 13.6. The first-order valence-corrected chi connectivity index (χ1v) is 7.51. The summed E-state index contributed by atoms with van der Waals surface area (Å²) in [7, 11) is 1.20. The molecule has 8 nitrogen and oxygen atoms in total. The first-order chi connectivity index (χ1) is 12.5. The van der Waals surface area contributed by atoms with Crippen molar-refractivity contribution in [3.63, 3.8) is 0 Å². The molecule has 2 aromatic carbocycles. The number of para-hydroxylation sites is 1. The molecule has 1 aliphatic rings. The van der Waals surface area contributed by atoms with Crippen LogP contribution in [0.2, 0.25) is 0 Å². The van der Waals surface area contributed by atoms with E-state index in [1.807, 2.05) is 0 Å². The Kier molecular flexibility index (Phi) is 4.66. The van der Waals surface area contributed by atoms with Crippen molar-refractivity contribution in [1.82, 2.24) is 5.06 Å². The number of nitrogens with zero attached hydrogens (tertiary/aromatic N) is 1. The highest BCUT2D eigenvalue weighted by molar-refractivity contribution is 6.21. The molecule has 0 fully saturated rings. The topological polar surface area (TPSA) is 99.2 Å². The SMILES string of the molecule is COC(=O)COc1ccccc1C(=O)ON1C(=O)c2ccccc2C1=O. The molecule has 3 rings (SSSR count). The van der Waals surface area contributed by atoms with E-state index in [1.54, 1.807) is 24.3 Å². The molecule has 0 atom stereocenters. The van der Waals surface area contributed by atoms with Gasteiger partial charge in [0.15, 0.2) is 6.61 Å². The summed E-state index contributed by atoms with van der Waals surface area (Å²) in [6.07, 6.45) is 0. The number of methoxy groups -OCH3 is 1. The molecule has 132 valence electrons. The Morgan fingerprint density at radius 2 is 1.50 bits per heavy atom. The van der Waals surface area contributed by atoms with Crippen LogP contribution in [0.25, 0.3) is 0 Å². The Morgan fingerprint density at radius 1 is 0.923 bits per heavy atom. The van der Waals surface area contributed by atoms with Crippen LogP contribution in [-0.2, 0) is 14.4 Å². The lowest BCUT2D eigenvalue weighted by Crippen LogP contribution is -2.32. The highest BCUT2D eigenvalue weighted by Crippen LogP contribution is 2.25. The molecule has 0 saturated carbocycles. The second kappa shape index (κ2) is 7.06. The van der Waals surface area contributed by atoms with E-state index in [0.717, 1.165) is 0 Å². The molecule has 2 amide bonds. The minimum absolute atomic E-state index is 0.0482. The third-order valence-corrected chi connectivity index (χ3v) is 3.61. The fourth-order valence-corrected chi connectivity index (χ4v) is 2.34. The van der Waals surface area contributed by atoms with Crippen molar-refractivity contribution in [2.45, 2.75) is 0 Å². The van der Waals surface area contributed by atoms with Gasteiger partial charge in [-0.3, -0.25) is 9.59 Å². The van der Waals surface area contributed by atoms with Crippen LogP contribution in [0.3, 0.4) is 0 Å². The Balaban J connectivity index is 1.78. The van der Waals surface area contributed by atoms with Crippen LogP contribution < -0.4 is 4.74 Å². The summed E-state index contributed by atoms with van der Waals surface area (Å²) >= 11 is 0. The number of hydrogen-bond donors (Lipinski definition) is 0. The van der Waals surface area contributed by atoms with Crippen LogP contribution in [-0.4, -0.2) is 42.5 Å². The minimum Gasteiger partial charge on any atom is -0.481 e. The standard InChI is InChI=1S/C18H13NO7/c1-24-15(20)10-25-14-9-5-4-8-13(14)18(23)26-19-16(21)11-6-2-3-7-12(11)17(19)22/h2-9H,10H2,1H3. The van der Waals surface area contributed by atoms with Crippen molar-refractivity contribution in [2.24, 2.45) is 0 Å². The quantitative estimate of drug-likeness (QED) is 0.593. The normalized spacial score (nSPS) is 12.6. The van der Waals surface area contributed by atoms with Crippen LogP contribution in [0.4, 0.5) is 0 Å². The van der Waals surface area contributed by atoms with E-state index in [1.165, 1.54) is 31.4 Å². The molecule has 2 aromatic rings. The van der Waals surface area contributed by atoms with Gasteiger partial charge >= 0.3 is 11.9 Å². The van der Waals surface area contributed by atoms with Crippen LogP contribution in [0.1, 0.15) is 31.1 Å². The lowest BCUT2D eigenvalue weighted by atomic mass is 10.1. The molecule has 26 heavy (non-hydrogen) atoms. The highest BCUT2D eigenvalue weighted by atomic mass is 16.7. The number of esters is 1. The zero-order valence-corrected chi connectivity index (χ0v) is 13.6. The van der Waals surface area contributed by atoms with E-state index in [9.17, 15) is 19.2 Å². The maximum absolute atomic E-state index is 12.4. The third kappa shape index (κ3) is 3.12. The predicted octanol–water partition coefficient (Wildman–Crippen LogP) is 1.61. The van der Waals surface area contributed by atoms with Gasteiger partial charge in [-0.25, -0.2) is 9.59 Å². The van der Waals surface area contributed by atoms with Crippen molar-refractivity contribution >= 4 is 23.8 Å². The third-order valence-electron chi connectivity index (χ3n) is 3.61. The van der Waals surface area contributed by atoms with Gasteiger partial charge in [0.25, 0.3) is 11.8 Å². The average Bonchev–Trinajstić information content (AvgIpc) is 2.91. The summed E-state index contributed by atoms with van der Waals surface area (Å²) in [6, 6.07) is 12.1. The van der Waals surface area contributed by atoms with Gasteiger partial charge in [0.1, 0.15) is 11.3 Å². The molecule has 1 aliphatic heterocycles. The molecule has 0 radical (unpaired) electrons. The minimum atomic E-state index is -0.972. The smallest absolute Gasteiger partial charge is 0.367 e. The predicted molar refractivity (Wildman–Crippen MR) is 86.3 cm³/mol. The molecule has 0 spiro atoms. The summed E-state index contributed by atoms with van der Waals surface area (Å²) in [6.45, 7) is -0.409. The molecule has 1 heterocycles. The van der Waals surface area contributed by atoms with E-state index < -0.39 is 30.4 Å². The summed E-state index contributed by atoms with van der Waals surface area (Å²) in [5.74, 6) is -3.01. The number of carbonyl (C=O) groups is 4. The second-order valence-electron chi connectivity index (χ2n) is 5.19. The highest BCUT2D eigenvalue weighted by Gasteiger charge is 2.39. The van der Waals surface area contributed by atoms with Crippen LogP contribution in [0.5, 0.6) is 5.75 Å². The van der Waals surface area contributed by atoms with Gasteiger partial charge < -0.3 is 14.3 Å². The second-order valence-corrected chi connectivity index (χ2v) is 5.19. The van der Waals surface area contributed by atoms with Crippen LogP contribution in [0, 0.1) is 0 Å². The van der Waals surface area contributed by atoms with E-state index in [2.05, 4.69) is 4.74 Å². The Hall–Kier alpha value is -3.68. The molecule has 0 unspecified atom stereocenters. The Labute approximate surface area is 147 Å². The number of hydrogen-bond acceptors (Lipinski definition) is 7. The molecular weight excluding hydrogens is 342 g/mol. The van der Waals surface area contributed by atoms with Crippen molar-refractivity contribution in [1.29, 1.82) is 0 Å². The molecule has 0 N–H and O–H groups in total. The fraction of sp³-hybridized carbons (Fsp3) is 0.111. The monoisotopic (exact) mass is 355 g/mol. The van der Waals surface area contributed by atoms with E-state index in [0.29, 0.717) is 5.06 Å². The number of benzene rings is 2. The number of imide groups is 1. The van der Waals surface area contributed by atoms with Gasteiger partial charge in [0.2, 0.25) is 0 Å². The molecule has 0 saturated heterocycles. The Bertz CT molecular complexity index is 871. The van der Waals surface area contributed by atoms with Crippen molar-refractivity contribution in [3.8, 4) is 5.75 Å². The van der Waals surface area contributed by atoms with E-state index >= 15 is 0 Å². The zero-order chi connectivity index (χ0) is 18.7. The van der Waals surface area contributed by atoms with Gasteiger partial charge in [-0.2, -0.15) is 0 Å².